The first kappa shape index (κ1) is 14.5. The molecule has 1 saturated carbocycles. The van der Waals surface area contributed by atoms with E-state index in [1.54, 1.807) is 6.07 Å². The Balaban J connectivity index is 2.07. The standard InChI is InChI=1S/C15H20N2O3/c1-10-5-3-2-4-6-12(10)17-14(18)11-7-8-16-13(9-11)15(19)20/h7-10,12H,2-6H2,1H3,(H,17,18)(H,19,20). The van der Waals surface area contributed by atoms with Crippen molar-refractivity contribution in [3.8, 4) is 0 Å². The van der Waals surface area contributed by atoms with E-state index in [4.69, 9.17) is 5.11 Å². The Morgan fingerprint density at radius 1 is 1.30 bits per heavy atom. The highest BCUT2D eigenvalue weighted by molar-refractivity contribution is 5.96. The number of rotatable bonds is 3. The fraction of sp³-hybridized carbons (Fsp3) is 0.533. The van der Waals surface area contributed by atoms with Crippen molar-refractivity contribution in [2.75, 3.05) is 0 Å². The van der Waals surface area contributed by atoms with Gasteiger partial charge in [-0.15, -0.1) is 0 Å². The van der Waals surface area contributed by atoms with Gasteiger partial charge in [0.05, 0.1) is 0 Å². The number of nitrogens with one attached hydrogen (secondary N) is 1. The number of hydrogen-bond donors (Lipinski definition) is 2. The summed E-state index contributed by atoms with van der Waals surface area (Å²) in [6.45, 7) is 2.16. The molecule has 5 nitrogen and oxygen atoms in total. The summed E-state index contributed by atoms with van der Waals surface area (Å²) in [6.07, 6.45) is 7.04. The maximum Gasteiger partial charge on any atom is 0.354 e. The van der Waals surface area contributed by atoms with Crippen molar-refractivity contribution >= 4 is 11.9 Å². The third-order valence-corrected chi connectivity index (χ3v) is 3.92. The Hall–Kier alpha value is -1.91. The highest BCUT2D eigenvalue weighted by atomic mass is 16.4. The van der Waals surface area contributed by atoms with Gasteiger partial charge in [0.2, 0.25) is 0 Å². The summed E-state index contributed by atoms with van der Waals surface area (Å²) in [5.74, 6) is -0.877. The first-order valence-electron chi connectivity index (χ1n) is 7.08. The number of aromatic carboxylic acids is 1. The first-order valence-corrected chi connectivity index (χ1v) is 7.08. The van der Waals surface area contributed by atoms with Gasteiger partial charge in [-0.1, -0.05) is 26.2 Å². The molecule has 1 aliphatic rings. The van der Waals surface area contributed by atoms with Crippen molar-refractivity contribution in [2.24, 2.45) is 5.92 Å². The molecule has 0 radical (unpaired) electrons. The van der Waals surface area contributed by atoms with Crippen molar-refractivity contribution in [1.29, 1.82) is 0 Å². The van der Waals surface area contributed by atoms with Gasteiger partial charge >= 0.3 is 5.97 Å². The number of hydrogen-bond acceptors (Lipinski definition) is 3. The van der Waals surface area contributed by atoms with Gasteiger partial charge in [-0.25, -0.2) is 9.78 Å². The molecule has 0 spiro atoms. The van der Waals surface area contributed by atoms with Crippen LogP contribution in [0.1, 0.15) is 59.9 Å². The molecule has 0 aromatic carbocycles. The van der Waals surface area contributed by atoms with Crippen LogP contribution in [0, 0.1) is 5.92 Å². The normalized spacial score (nSPS) is 22.9. The van der Waals surface area contributed by atoms with Crippen LogP contribution in [0.25, 0.3) is 0 Å². The second-order valence-electron chi connectivity index (χ2n) is 5.43. The van der Waals surface area contributed by atoms with Crippen molar-refractivity contribution in [3.63, 3.8) is 0 Å². The van der Waals surface area contributed by atoms with E-state index in [1.165, 1.54) is 25.1 Å². The van der Waals surface area contributed by atoms with Crippen LogP contribution in [0.15, 0.2) is 18.3 Å². The smallest absolute Gasteiger partial charge is 0.354 e. The van der Waals surface area contributed by atoms with Crippen molar-refractivity contribution in [2.45, 2.75) is 45.1 Å². The number of pyridine rings is 1. The molecule has 0 aliphatic heterocycles. The lowest BCUT2D eigenvalue weighted by molar-refractivity contribution is 0.0690. The molecular formula is C15H20N2O3. The predicted octanol–water partition coefficient (Wildman–Crippen LogP) is 2.48. The Morgan fingerprint density at radius 3 is 2.80 bits per heavy atom. The van der Waals surface area contributed by atoms with Crippen LogP contribution >= 0.6 is 0 Å². The molecule has 2 unspecified atom stereocenters. The van der Waals surface area contributed by atoms with E-state index in [1.807, 2.05) is 0 Å². The molecule has 2 atom stereocenters. The maximum absolute atomic E-state index is 12.2. The molecule has 20 heavy (non-hydrogen) atoms. The minimum absolute atomic E-state index is 0.105. The minimum atomic E-state index is -1.12. The van der Waals surface area contributed by atoms with Crippen LogP contribution in [0.3, 0.4) is 0 Å². The number of carbonyl (C=O) groups is 2. The molecule has 0 bridgehead atoms. The zero-order chi connectivity index (χ0) is 14.5. The second kappa shape index (κ2) is 6.50. The molecule has 1 aliphatic carbocycles. The summed E-state index contributed by atoms with van der Waals surface area (Å²) in [5.41, 5.74) is 0.250. The topological polar surface area (TPSA) is 79.3 Å². The van der Waals surface area contributed by atoms with E-state index in [2.05, 4.69) is 17.2 Å². The fourth-order valence-electron chi connectivity index (χ4n) is 2.65. The van der Waals surface area contributed by atoms with E-state index in [0.717, 1.165) is 19.3 Å². The molecule has 0 saturated heterocycles. The monoisotopic (exact) mass is 276 g/mol. The summed E-state index contributed by atoms with van der Waals surface area (Å²) in [6, 6.07) is 3.04. The number of carboxylic acid groups (broad SMARTS) is 1. The Bertz CT molecular complexity index is 502. The molecule has 1 heterocycles. The third kappa shape index (κ3) is 3.56. The average Bonchev–Trinajstić information content (AvgIpc) is 2.64. The van der Waals surface area contributed by atoms with E-state index < -0.39 is 5.97 Å². The molecule has 1 fully saturated rings. The Labute approximate surface area is 118 Å². The van der Waals surface area contributed by atoms with Crippen molar-refractivity contribution in [1.82, 2.24) is 10.3 Å². The van der Waals surface area contributed by atoms with Gasteiger partial charge in [0.1, 0.15) is 5.69 Å². The summed E-state index contributed by atoms with van der Waals surface area (Å²) in [7, 11) is 0. The van der Waals surface area contributed by atoms with Crippen LogP contribution in [0.5, 0.6) is 0 Å². The highest BCUT2D eigenvalue weighted by Crippen LogP contribution is 2.23. The molecule has 108 valence electrons. The lowest BCUT2D eigenvalue weighted by Crippen LogP contribution is -2.38. The number of carboxylic acids is 1. The van der Waals surface area contributed by atoms with Crippen LogP contribution in [-0.2, 0) is 0 Å². The van der Waals surface area contributed by atoms with E-state index in [-0.39, 0.29) is 17.6 Å². The van der Waals surface area contributed by atoms with Gasteiger partial charge in [0, 0.05) is 17.8 Å². The van der Waals surface area contributed by atoms with Crippen LogP contribution < -0.4 is 5.32 Å². The van der Waals surface area contributed by atoms with Gasteiger partial charge < -0.3 is 10.4 Å². The highest BCUT2D eigenvalue weighted by Gasteiger charge is 2.22. The van der Waals surface area contributed by atoms with Gasteiger partial charge in [-0.3, -0.25) is 4.79 Å². The summed E-state index contributed by atoms with van der Waals surface area (Å²) in [5, 5.41) is 11.9. The van der Waals surface area contributed by atoms with Crippen LogP contribution in [-0.4, -0.2) is 28.0 Å². The van der Waals surface area contributed by atoms with E-state index in [0.29, 0.717) is 11.5 Å². The fourth-order valence-corrected chi connectivity index (χ4v) is 2.65. The average molecular weight is 276 g/mol. The van der Waals surface area contributed by atoms with E-state index in [9.17, 15) is 9.59 Å². The quantitative estimate of drug-likeness (QED) is 0.831. The zero-order valence-electron chi connectivity index (χ0n) is 11.6. The largest absolute Gasteiger partial charge is 0.477 e. The molecule has 5 heteroatoms. The molecule has 2 N–H and O–H groups in total. The SMILES string of the molecule is CC1CCCCCC1NC(=O)c1ccnc(C(=O)O)c1. The zero-order valence-corrected chi connectivity index (χ0v) is 11.6. The molecular weight excluding hydrogens is 256 g/mol. The van der Waals surface area contributed by atoms with Gasteiger partial charge in [0.15, 0.2) is 0 Å². The predicted molar refractivity (Wildman–Crippen MR) is 74.7 cm³/mol. The first-order chi connectivity index (χ1) is 9.58. The number of carbonyl (C=O) groups excluding carboxylic acids is 1. The van der Waals surface area contributed by atoms with Crippen LogP contribution in [0.2, 0.25) is 0 Å². The Kier molecular flexibility index (Phi) is 4.71. The third-order valence-electron chi connectivity index (χ3n) is 3.92. The molecule has 1 aromatic heterocycles. The number of amides is 1. The second-order valence-corrected chi connectivity index (χ2v) is 5.43. The summed E-state index contributed by atoms with van der Waals surface area (Å²) < 4.78 is 0. The van der Waals surface area contributed by atoms with E-state index >= 15 is 0 Å². The van der Waals surface area contributed by atoms with Gasteiger partial charge in [0.25, 0.3) is 5.91 Å². The summed E-state index contributed by atoms with van der Waals surface area (Å²) in [4.78, 5) is 26.8. The van der Waals surface area contributed by atoms with Crippen LogP contribution in [0.4, 0.5) is 0 Å². The van der Waals surface area contributed by atoms with Crippen molar-refractivity contribution in [3.05, 3.63) is 29.6 Å². The lowest BCUT2D eigenvalue weighted by Gasteiger charge is -2.22. The van der Waals surface area contributed by atoms with Crippen molar-refractivity contribution < 1.29 is 14.7 Å². The summed E-state index contributed by atoms with van der Waals surface area (Å²) >= 11 is 0. The molecule has 1 amide bonds. The number of nitrogens with zero attached hydrogens (tertiary/aromatic N) is 1. The van der Waals surface area contributed by atoms with Gasteiger partial charge in [-0.2, -0.15) is 0 Å². The lowest BCUT2D eigenvalue weighted by atomic mass is 9.96. The molecule has 1 aromatic rings. The van der Waals surface area contributed by atoms with Gasteiger partial charge in [-0.05, 0) is 30.9 Å². The maximum atomic E-state index is 12.2. The number of aromatic nitrogens is 1. The Morgan fingerprint density at radius 2 is 2.05 bits per heavy atom. The minimum Gasteiger partial charge on any atom is -0.477 e. The molecule has 2 rings (SSSR count).